The number of methoxy groups -OCH3 is 3. The molecule has 0 radical (unpaired) electrons. The van der Waals surface area contributed by atoms with E-state index < -0.39 is 0 Å². The van der Waals surface area contributed by atoms with Gasteiger partial charge in [0.15, 0.2) is 0 Å². The van der Waals surface area contributed by atoms with Crippen LogP contribution in [0.4, 0.5) is 0 Å². The van der Waals surface area contributed by atoms with Crippen molar-refractivity contribution in [1.29, 1.82) is 0 Å². The van der Waals surface area contributed by atoms with Crippen molar-refractivity contribution in [2.24, 2.45) is 5.92 Å². The Bertz CT molecular complexity index is 819. The number of rotatable bonds is 12. The van der Waals surface area contributed by atoms with Gasteiger partial charge in [0.2, 0.25) is 0 Å². The summed E-state index contributed by atoms with van der Waals surface area (Å²) in [6.07, 6.45) is 5.60. The van der Waals surface area contributed by atoms with Crippen molar-refractivity contribution < 1.29 is 18.9 Å². The highest BCUT2D eigenvalue weighted by Gasteiger charge is 2.34. The molecule has 0 aliphatic heterocycles. The normalized spacial score (nSPS) is 19.6. The van der Waals surface area contributed by atoms with Crippen LogP contribution < -0.4 is 9.47 Å². The van der Waals surface area contributed by atoms with Crippen LogP contribution in [0.5, 0.6) is 11.5 Å². The lowest BCUT2D eigenvalue weighted by atomic mass is 9.86. The molecule has 4 rings (SSSR count). The zero-order valence-electron chi connectivity index (χ0n) is 19.7. The summed E-state index contributed by atoms with van der Waals surface area (Å²) in [5, 5.41) is 0. The lowest BCUT2D eigenvalue weighted by Gasteiger charge is -2.28. The Balaban J connectivity index is 1.91. The van der Waals surface area contributed by atoms with E-state index in [2.05, 4.69) is 44.2 Å². The minimum Gasteiger partial charge on any atom is -0.497 e. The van der Waals surface area contributed by atoms with Gasteiger partial charge in [0.25, 0.3) is 0 Å². The van der Waals surface area contributed by atoms with Crippen molar-refractivity contribution in [2.75, 3.05) is 27.9 Å². The second-order valence-corrected chi connectivity index (χ2v) is 8.52. The Labute approximate surface area is 187 Å². The number of ether oxygens (including phenoxy) is 4. The summed E-state index contributed by atoms with van der Waals surface area (Å²) in [6.45, 7) is 5.26. The molecule has 0 N–H and O–H groups in total. The smallest absolute Gasteiger partial charge is 0.123 e. The molecule has 4 heteroatoms. The average Bonchev–Trinajstić information content (AvgIpc) is 3.07. The van der Waals surface area contributed by atoms with Gasteiger partial charge in [-0.3, -0.25) is 0 Å². The van der Waals surface area contributed by atoms with Crippen molar-refractivity contribution in [3.05, 3.63) is 59.2 Å². The van der Waals surface area contributed by atoms with Gasteiger partial charge in [0.05, 0.1) is 25.9 Å². The fourth-order valence-corrected chi connectivity index (χ4v) is 4.65. The molecule has 170 valence electrons. The highest BCUT2D eigenvalue weighted by molar-refractivity contribution is 5.45. The van der Waals surface area contributed by atoms with E-state index >= 15 is 0 Å². The summed E-state index contributed by atoms with van der Waals surface area (Å²) in [4.78, 5) is 0. The molecule has 0 heterocycles. The van der Waals surface area contributed by atoms with Crippen LogP contribution in [0, 0.1) is 5.92 Å². The average molecular weight is 427 g/mol. The van der Waals surface area contributed by atoms with Gasteiger partial charge in [0, 0.05) is 25.7 Å². The number of hydrogen-bond acceptors (Lipinski definition) is 4. The minimum absolute atomic E-state index is 0.0187. The van der Waals surface area contributed by atoms with E-state index in [4.69, 9.17) is 18.9 Å². The molecule has 2 bridgehead atoms. The first kappa shape index (κ1) is 23.6. The van der Waals surface area contributed by atoms with E-state index in [-0.39, 0.29) is 18.1 Å². The highest BCUT2D eigenvalue weighted by atomic mass is 16.5. The molecule has 2 aliphatic rings. The van der Waals surface area contributed by atoms with E-state index in [1.54, 1.807) is 21.3 Å². The maximum absolute atomic E-state index is 6.46. The molecule has 0 fully saturated rings. The number of unbranched alkanes of at least 4 members (excludes halogenated alkanes) is 1. The molecule has 4 unspecified atom stereocenters. The summed E-state index contributed by atoms with van der Waals surface area (Å²) in [5.74, 6) is 2.53. The molecule has 2 aromatic rings. The summed E-state index contributed by atoms with van der Waals surface area (Å²) >= 11 is 0. The van der Waals surface area contributed by atoms with Crippen LogP contribution >= 0.6 is 0 Å². The fraction of sp³-hybridized carbons (Fsp3) is 0.556. The van der Waals surface area contributed by atoms with Crippen LogP contribution in [0.15, 0.2) is 42.5 Å². The predicted octanol–water partition coefficient (Wildman–Crippen LogP) is 6.85. The van der Waals surface area contributed by atoms with Crippen LogP contribution in [0.3, 0.4) is 0 Å². The third-order valence-corrected chi connectivity index (χ3v) is 6.62. The molecular weight excluding hydrogens is 388 g/mol. The Morgan fingerprint density at radius 3 is 2.55 bits per heavy atom. The van der Waals surface area contributed by atoms with E-state index in [1.165, 1.54) is 30.4 Å². The van der Waals surface area contributed by atoms with Crippen molar-refractivity contribution >= 4 is 0 Å². The summed E-state index contributed by atoms with van der Waals surface area (Å²) in [7, 11) is 5.26. The standard InChI is InChI=1S/C27H38O4/c1-6-8-10-19(7-2)18-31-26-16-20-13-14-23(26)24(17-25(20)29-4)27(30-5)21-11-9-12-22(15-21)28-3/h9,11-16,19,24-25,27H,6-8,10,17-18H2,1-5H3. The molecule has 31 heavy (non-hydrogen) atoms. The van der Waals surface area contributed by atoms with Gasteiger partial charge in [-0.1, -0.05) is 57.4 Å². The zero-order chi connectivity index (χ0) is 22.2. The second kappa shape index (κ2) is 11.5. The molecule has 2 aromatic carbocycles. The van der Waals surface area contributed by atoms with Crippen LogP contribution in [-0.2, 0) is 9.47 Å². The number of fused-ring (bicyclic) bond motifs is 4. The van der Waals surface area contributed by atoms with Crippen LogP contribution in [0.2, 0.25) is 0 Å². The fourth-order valence-electron chi connectivity index (χ4n) is 4.65. The van der Waals surface area contributed by atoms with Gasteiger partial charge in [-0.15, -0.1) is 0 Å². The van der Waals surface area contributed by atoms with Gasteiger partial charge in [0.1, 0.15) is 11.5 Å². The Morgan fingerprint density at radius 1 is 1.03 bits per heavy atom. The second-order valence-electron chi connectivity index (χ2n) is 8.52. The Kier molecular flexibility index (Phi) is 8.79. The van der Waals surface area contributed by atoms with Crippen LogP contribution in [0.25, 0.3) is 0 Å². The topological polar surface area (TPSA) is 36.9 Å². The van der Waals surface area contributed by atoms with Crippen molar-refractivity contribution in [1.82, 2.24) is 0 Å². The maximum atomic E-state index is 6.46. The summed E-state index contributed by atoms with van der Waals surface area (Å²) < 4.78 is 23.9. The van der Waals surface area contributed by atoms with E-state index in [0.717, 1.165) is 36.5 Å². The van der Waals surface area contributed by atoms with Crippen molar-refractivity contribution in [3.8, 4) is 11.5 Å². The first-order valence-corrected chi connectivity index (χ1v) is 11.6. The quantitative estimate of drug-likeness (QED) is 0.372. The molecule has 0 amide bonds. The van der Waals surface area contributed by atoms with E-state index in [0.29, 0.717) is 5.92 Å². The van der Waals surface area contributed by atoms with E-state index in [1.807, 2.05) is 12.1 Å². The lowest BCUT2D eigenvalue weighted by Crippen LogP contribution is -2.17. The van der Waals surface area contributed by atoms with Crippen LogP contribution in [-0.4, -0.2) is 27.9 Å². The third-order valence-electron chi connectivity index (χ3n) is 6.62. The van der Waals surface area contributed by atoms with E-state index in [9.17, 15) is 0 Å². The first-order valence-electron chi connectivity index (χ1n) is 11.6. The zero-order valence-corrected chi connectivity index (χ0v) is 19.7. The largest absolute Gasteiger partial charge is 0.497 e. The van der Waals surface area contributed by atoms with Crippen molar-refractivity contribution in [2.45, 2.75) is 64.1 Å². The van der Waals surface area contributed by atoms with Gasteiger partial charge in [-0.25, -0.2) is 0 Å². The Hall–Kier alpha value is -2.04. The van der Waals surface area contributed by atoms with Gasteiger partial charge in [-0.05, 0) is 48.1 Å². The molecular formula is C27H38O4. The molecule has 4 nitrogen and oxygen atoms in total. The molecule has 2 aliphatic carbocycles. The third kappa shape index (κ3) is 5.61. The van der Waals surface area contributed by atoms with Gasteiger partial charge in [-0.2, -0.15) is 0 Å². The van der Waals surface area contributed by atoms with Gasteiger partial charge >= 0.3 is 0 Å². The van der Waals surface area contributed by atoms with Gasteiger partial charge < -0.3 is 18.9 Å². The molecule has 0 aromatic heterocycles. The summed E-state index contributed by atoms with van der Waals surface area (Å²) in [5.41, 5.74) is 3.47. The Morgan fingerprint density at radius 2 is 1.87 bits per heavy atom. The highest BCUT2D eigenvalue weighted by Crippen LogP contribution is 2.48. The monoisotopic (exact) mass is 426 g/mol. The molecule has 0 saturated carbocycles. The first-order chi connectivity index (χ1) is 15.1. The number of benzene rings is 2. The molecule has 4 atom stereocenters. The maximum Gasteiger partial charge on any atom is 0.123 e. The number of hydrogen-bond donors (Lipinski definition) is 0. The molecule has 0 spiro atoms. The SMILES string of the molecule is CCCCC(CC)COc1cc2ccc1C(C(OC)c1cccc(OC)c1)CC2OC. The summed E-state index contributed by atoms with van der Waals surface area (Å²) in [6, 6.07) is 14.7. The van der Waals surface area contributed by atoms with Crippen molar-refractivity contribution in [3.63, 3.8) is 0 Å². The predicted molar refractivity (Wildman–Crippen MR) is 125 cm³/mol. The van der Waals surface area contributed by atoms with Crippen LogP contribution in [0.1, 0.15) is 80.8 Å². The molecule has 0 saturated heterocycles. The lowest BCUT2D eigenvalue weighted by molar-refractivity contribution is 0.0381. The minimum atomic E-state index is -0.112.